The molecule has 2 N–H and O–H groups in total. The number of aromatic carboxylic acids is 1. The van der Waals surface area contributed by atoms with Crippen LogP contribution in [0.25, 0.3) is 0 Å². The smallest absolute Gasteiger partial charge is 0.354 e. The highest BCUT2D eigenvalue weighted by molar-refractivity contribution is 6.09. The Morgan fingerprint density at radius 2 is 1.72 bits per heavy atom. The maximum absolute atomic E-state index is 12.3. The van der Waals surface area contributed by atoms with Crippen LogP contribution in [0.15, 0.2) is 55.0 Å². The fourth-order valence-corrected chi connectivity index (χ4v) is 2.50. The Bertz CT molecular complexity index is 902. The summed E-state index contributed by atoms with van der Waals surface area (Å²) in [6.07, 6.45) is 5.51. The highest BCUT2D eigenvalue weighted by atomic mass is 16.4. The molecule has 0 radical (unpaired) electrons. The van der Waals surface area contributed by atoms with E-state index in [4.69, 9.17) is 0 Å². The van der Waals surface area contributed by atoms with E-state index in [9.17, 15) is 14.7 Å². The average Bonchev–Trinajstić information content (AvgIpc) is 2.99. The van der Waals surface area contributed by atoms with Crippen molar-refractivity contribution in [3.8, 4) is 0 Å². The van der Waals surface area contributed by atoms with E-state index in [1.807, 2.05) is 24.3 Å². The number of nitrogens with zero attached hydrogens (tertiary/aromatic N) is 3. The molecule has 2 aromatic heterocycles. The van der Waals surface area contributed by atoms with Gasteiger partial charge in [0.25, 0.3) is 5.91 Å². The van der Waals surface area contributed by atoms with Crippen LogP contribution in [0.5, 0.6) is 0 Å². The number of anilines is 1. The van der Waals surface area contributed by atoms with Crippen molar-refractivity contribution in [2.75, 3.05) is 5.32 Å². The van der Waals surface area contributed by atoms with Crippen LogP contribution in [0.4, 0.5) is 5.69 Å². The molecule has 0 unspecified atom stereocenters. The van der Waals surface area contributed by atoms with Crippen LogP contribution in [0, 0.1) is 0 Å². The normalized spacial score (nSPS) is 10.4. The molecule has 126 valence electrons. The summed E-state index contributed by atoms with van der Waals surface area (Å²) < 4.78 is 1.16. The summed E-state index contributed by atoms with van der Waals surface area (Å²) >= 11 is 0. The third-order valence-corrected chi connectivity index (χ3v) is 3.76. The number of hydrogen-bond donors (Lipinski definition) is 2. The largest absolute Gasteiger partial charge is 0.477 e. The van der Waals surface area contributed by atoms with E-state index in [1.54, 1.807) is 24.5 Å². The van der Waals surface area contributed by atoms with Gasteiger partial charge < -0.3 is 10.4 Å². The van der Waals surface area contributed by atoms with Crippen LogP contribution in [0.3, 0.4) is 0 Å². The number of aromatic nitrogens is 3. The molecule has 7 nitrogen and oxygen atoms in total. The lowest BCUT2D eigenvalue weighted by Gasteiger charge is -2.07. The van der Waals surface area contributed by atoms with Gasteiger partial charge in [0.15, 0.2) is 5.69 Å². The highest BCUT2D eigenvalue weighted by Crippen LogP contribution is 2.15. The van der Waals surface area contributed by atoms with Gasteiger partial charge in [-0.2, -0.15) is 5.10 Å². The minimum absolute atomic E-state index is 0.0239. The first-order chi connectivity index (χ1) is 12.0. The molecular formula is C18H16N4O3. The van der Waals surface area contributed by atoms with Gasteiger partial charge in [-0.1, -0.05) is 12.1 Å². The summed E-state index contributed by atoms with van der Waals surface area (Å²) in [5.74, 6) is -1.70. The Kier molecular flexibility index (Phi) is 4.56. The van der Waals surface area contributed by atoms with Gasteiger partial charge in [-0.05, 0) is 41.8 Å². The Hall–Kier alpha value is -3.48. The van der Waals surface area contributed by atoms with Gasteiger partial charge in [0.2, 0.25) is 0 Å². The quantitative estimate of drug-likeness (QED) is 0.745. The predicted octanol–water partition coefficient (Wildman–Crippen LogP) is 2.36. The topological polar surface area (TPSA) is 97.1 Å². The maximum Gasteiger partial charge on any atom is 0.354 e. The van der Waals surface area contributed by atoms with Crippen molar-refractivity contribution in [3.63, 3.8) is 0 Å². The maximum atomic E-state index is 12.3. The van der Waals surface area contributed by atoms with Crippen molar-refractivity contribution in [2.24, 2.45) is 7.05 Å². The summed E-state index contributed by atoms with van der Waals surface area (Å²) in [5.41, 5.74) is 2.70. The lowest BCUT2D eigenvalue weighted by molar-refractivity contribution is 0.0680. The first-order valence-corrected chi connectivity index (χ1v) is 7.59. The first kappa shape index (κ1) is 16.4. The molecule has 0 saturated heterocycles. The van der Waals surface area contributed by atoms with Crippen LogP contribution in [-0.4, -0.2) is 31.7 Å². The fourth-order valence-electron chi connectivity index (χ4n) is 2.50. The van der Waals surface area contributed by atoms with Crippen molar-refractivity contribution in [1.82, 2.24) is 14.8 Å². The van der Waals surface area contributed by atoms with Crippen molar-refractivity contribution in [2.45, 2.75) is 6.42 Å². The first-order valence-electron chi connectivity index (χ1n) is 7.59. The molecule has 0 atom stereocenters. The number of carboxylic acid groups (broad SMARTS) is 1. The second kappa shape index (κ2) is 6.96. The number of amides is 1. The molecule has 0 aliphatic carbocycles. The molecule has 25 heavy (non-hydrogen) atoms. The number of nitrogens with one attached hydrogen (secondary N) is 1. The van der Waals surface area contributed by atoms with E-state index in [1.165, 1.54) is 13.2 Å². The average molecular weight is 336 g/mol. The van der Waals surface area contributed by atoms with Crippen molar-refractivity contribution in [3.05, 3.63) is 77.4 Å². The van der Waals surface area contributed by atoms with Crippen LogP contribution in [0.2, 0.25) is 0 Å². The molecule has 3 rings (SSSR count). The minimum Gasteiger partial charge on any atom is -0.477 e. The van der Waals surface area contributed by atoms with Gasteiger partial charge in [0.1, 0.15) is 0 Å². The fraction of sp³-hybridized carbons (Fsp3) is 0.111. The SMILES string of the molecule is Cn1ncc(C(=O)Nc2ccc(Cc3ccncc3)cc2)c1C(=O)O. The number of carbonyl (C=O) groups excluding carboxylic acids is 1. The number of aryl methyl sites for hydroxylation is 1. The Balaban J connectivity index is 1.71. The van der Waals surface area contributed by atoms with Crippen molar-refractivity contribution >= 4 is 17.6 Å². The Morgan fingerprint density at radius 3 is 2.36 bits per heavy atom. The summed E-state index contributed by atoms with van der Waals surface area (Å²) in [5, 5.41) is 15.7. The molecule has 0 bridgehead atoms. The van der Waals surface area contributed by atoms with Crippen LogP contribution in [0.1, 0.15) is 32.0 Å². The molecular weight excluding hydrogens is 320 g/mol. The van der Waals surface area contributed by atoms with E-state index < -0.39 is 11.9 Å². The molecule has 0 saturated carbocycles. The van der Waals surface area contributed by atoms with Crippen LogP contribution >= 0.6 is 0 Å². The van der Waals surface area contributed by atoms with Crippen LogP contribution < -0.4 is 5.32 Å². The number of hydrogen-bond acceptors (Lipinski definition) is 4. The zero-order valence-electron chi connectivity index (χ0n) is 13.5. The molecule has 1 amide bonds. The van der Waals surface area contributed by atoms with Gasteiger partial charge in [0, 0.05) is 25.1 Å². The molecule has 2 heterocycles. The zero-order valence-corrected chi connectivity index (χ0v) is 13.5. The van der Waals surface area contributed by atoms with Crippen molar-refractivity contribution in [1.29, 1.82) is 0 Å². The summed E-state index contributed by atoms with van der Waals surface area (Å²) in [7, 11) is 1.48. The third kappa shape index (κ3) is 3.72. The Morgan fingerprint density at radius 1 is 1.08 bits per heavy atom. The number of rotatable bonds is 5. The van der Waals surface area contributed by atoms with E-state index >= 15 is 0 Å². The predicted molar refractivity (Wildman–Crippen MR) is 91.6 cm³/mol. The van der Waals surface area contributed by atoms with E-state index in [2.05, 4.69) is 15.4 Å². The van der Waals surface area contributed by atoms with Crippen LogP contribution in [-0.2, 0) is 13.5 Å². The molecule has 3 aromatic rings. The van der Waals surface area contributed by atoms with Gasteiger partial charge in [-0.15, -0.1) is 0 Å². The second-order valence-electron chi connectivity index (χ2n) is 5.52. The Labute approximate surface area is 143 Å². The number of carbonyl (C=O) groups is 2. The number of benzene rings is 1. The molecule has 7 heteroatoms. The second-order valence-corrected chi connectivity index (χ2v) is 5.52. The van der Waals surface area contributed by atoms with E-state index in [0.29, 0.717) is 5.69 Å². The monoisotopic (exact) mass is 336 g/mol. The van der Waals surface area contributed by atoms with Crippen molar-refractivity contribution < 1.29 is 14.7 Å². The van der Waals surface area contributed by atoms with E-state index in [-0.39, 0.29) is 11.3 Å². The lowest BCUT2D eigenvalue weighted by atomic mass is 10.1. The molecule has 0 fully saturated rings. The molecule has 0 aliphatic heterocycles. The lowest BCUT2D eigenvalue weighted by Crippen LogP contribution is -2.17. The van der Waals surface area contributed by atoms with Gasteiger partial charge in [0.05, 0.1) is 11.8 Å². The molecule has 0 spiro atoms. The summed E-state index contributed by atoms with van der Waals surface area (Å²) in [6, 6.07) is 11.3. The van der Waals surface area contributed by atoms with Gasteiger partial charge in [-0.25, -0.2) is 4.79 Å². The number of carboxylic acids is 1. The highest BCUT2D eigenvalue weighted by Gasteiger charge is 2.21. The zero-order chi connectivity index (χ0) is 17.8. The van der Waals surface area contributed by atoms with Gasteiger partial charge >= 0.3 is 5.97 Å². The molecule has 0 aliphatic rings. The summed E-state index contributed by atoms with van der Waals surface area (Å²) in [4.78, 5) is 27.5. The third-order valence-electron chi connectivity index (χ3n) is 3.76. The standard InChI is InChI=1S/C18H16N4O3/c1-22-16(18(24)25)15(11-20-22)17(23)21-14-4-2-12(3-5-14)10-13-6-8-19-9-7-13/h2-9,11H,10H2,1H3,(H,21,23)(H,24,25). The van der Waals surface area contributed by atoms with E-state index in [0.717, 1.165) is 22.2 Å². The minimum atomic E-state index is -1.20. The molecule has 1 aromatic carbocycles. The summed E-state index contributed by atoms with van der Waals surface area (Å²) in [6.45, 7) is 0. The van der Waals surface area contributed by atoms with Gasteiger partial charge in [-0.3, -0.25) is 14.5 Å². The number of pyridine rings is 1.